The molecule has 1 rings (SSSR count). The van der Waals surface area contributed by atoms with E-state index in [0.29, 0.717) is 5.92 Å². The Morgan fingerprint density at radius 1 is 1.47 bits per heavy atom. The van der Waals surface area contributed by atoms with E-state index in [1.165, 1.54) is 25.7 Å². The lowest BCUT2D eigenvalue weighted by molar-refractivity contribution is -0.141. The molecular formula is C12H23NO2. The Labute approximate surface area is 92.0 Å². The SMILES string of the molecule is CC(CC1CCC1)C[C@H](N)C(C)C(=O)O. The summed E-state index contributed by atoms with van der Waals surface area (Å²) < 4.78 is 0. The van der Waals surface area contributed by atoms with Crippen LogP contribution in [0.4, 0.5) is 0 Å². The normalized spacial score (nSPS) is 22.9. The number of nitrogens with two attached hydrogens (primary N) is 1. The standard InChI is InChI=1S/C12H23NO2/c1-8(6-10-4-3-5-10)7-11(13)9(2)12(14)15/h8-11H,3-7,13H2,1-2H3,(H,14,15)/t8?,9?,11-/m0/s1. The summed E-state index contributed by atoms with van der Waals surface area (Å²) in [4.78, 5) is 10.7. The van der Waals surface area contributed by atoms with Gasteiger partial charge in [-0.25, -0.2) is 0 Å². The van der Waals surface area contributed by atoms with Crippen molar-refractivity contribution in [3.05, 3.63) is 0 Å². The predicted molar refractivity (Wildman–Crippen MR) is 60.5 cm³/mol. The van der Waals surface area contributed by atoms with Crippen LogP contribution in [-0.4, -0.2) is 17.1 Å². The zero-order valence-corrected chi connectivity index (χ0v) is 9.78. The van der Waals surface area contributed by atoms with Crippen LogP contribution in [0.1, 0.15) is 46.0 Å². The highest BCUT2D eigenvalue weighted by molar-refractivity contribution is 5.70. The van der Waals surface area contributed by atoms with E-state index in [0.717, 1.165) is 12.3 Å². The first-order chi connectivity index (χ1) is 7.00. The van der Waals surface area contributed by atoms with E-state index in [9.17, 15) is 4.79 Å². The number of hydrogen-bond acceptors (Lipinski definition) is 2. The summed E-state index contributed by atoms with van der Waals surface area (Å²) in [6, 6.07) is -0.197. The number of aliphatic carboxylic acids is 1. The highest BCUT2D eigenvalue weighted by atomic mass is 16.4. The molecule has 0 aliphatic heterocycles. The van der Waals surface area contributed by atoms with Crippen molar-refractivity contribution in [2.45, 2.75) is 52.0 Å². The molecule has 1 aliphatic rings. The lowest BCUT2D eigenvalue weighted by atomic mass is 9.77. The third-order valence-corrected chi connectivity index (χ3v) is 3.67. The van der Waals surface area contributed by atoms with E-state index in [1.807, 2.05) is 0 Å². The van der Waals surface area contributed by atoms with Crippen molar-refractivity contribution in [3.8, 4) is 0 Å². The first-order valence-corrected chi connectivity index (χ1v) is 5.99. The van der Waals surface area contributed by atoms with Crippen LogP contribution < -0.4 is 5.73 Å². The summed E-state index contributed by atoms with van der Waals surface area (Å²) in [6.45, 7) is 3.88. The molecule has 88 valence electrons. The van der Waals surface area contributed by atoms with Crippen LogP contribution in [-0.2, 0) is 4.79 Å². The average molecular weight is 213 g/mol. The minimum atomic E-state index is -0.779. The Morgan fingerprint density at radius 2 is 2.07 bits per heavy atom. The third-order valence-electron chi connectivity index (χ3n) is 3.67. The highest BCUT2D eigenvalue weighted by Gasteiger charge is 2.25. The lowest BCUT2D eigenvalue weighted by Crippen LogP contribution is -2.35. The van der Waals surface area contributed by atoms with Crippen LogP contribution in [0, 0.1) is 17.8 Å². The number of hydrogen-bond donors (Lipinski definition) is 2. The number of carboxylic acid groups (broad SMARTS) is 1. The highest BCUT2D eigenvalue weighted by Crippen LogP contribution is 2.33. The van der Waals surface area contributed by atoms with Crippen molar-refractivity contribution in [3.63, 3.8) is 0 Å². The van der Waals surface area contributed by atoms with Crippen molar-refractivity contribution >= 4 is 5.97 Å². The minimum absolute atomic E-state index is 0.197. The quantitative estimate of drug-likeness (QED) is 0.711. The molecule has 1 aliphatic carbocycles. The van der Waals surface area contributed by atoms with Gasteiger partial charge in [0.2, 0.25) is 0 Å². The Hall–Kier alpha value is -0.570. The molecule has 0 spiro atoms. The first kappa shape index (κ1) is 12.5. The molecule has 15 heavy (non-hydrogen) atoms. The molecule has 1 fully saturated rings. The van der Waals surface area contributed by atoms with Gasteiger partial charge in [-0.2, -0.15) is 0 Å². The number of carbonyl (C=O) groups is 1. The maximum absolute atomic E-state index is 10.7. The van der Waals surface area contributed by atoms with Crippen LogP contribution in [0.3, 0.4) is 0 Å². The van der Waals surface area contributed by atoms with Gasteiger partial charge in [0, 0.05) is 6.04 Å². The summed E-state index contributed by atoms with van der Waals surface area (Å²) in [7, 11) is 0. The molecular weight excluding hydrogens is 190 g/mol. The van der Waals surface area contributed by atoms with E-state index >= 15 is 0 Å². The van der Waals surface area contributed by atoms with Gasteiger partial charge in [-0.15, -0.1) is 0 Å². The minimum Gasteiger partial charge on any atom is -0.481 e. The molecule has 0 aromatic rings. The molecule has 1 saturated carbocycles. The lowest BCUT2D eigenvalue weighted by Gasteiger charge is -2.29. The molecule has 3 atom stereocenters. The van der Waals surface area contributed by atoms with Gasteiger partial charge in [0.15, 0.2) is 0 Å². The molecule has 2 unspecified atom stereocenters. The zero-order valence-electron chi connectivity index (χ0n) is 9.78. The van der Waals surface area contributed by atoms with Crippen molar-refractivity contribution in [2.75, 3.05) is 0 Å². The third kappa shape index (κ3) is 3.82. The van der Waals surface area contributed by atoms with Crippen LogP contribution in [0.5, 0.6) is 0 Å². The molecule has 3 heteroatoms. The van der Waals surface area contributed by atoms with Gasteiger partial charge in [0.25, 0.3) is 0 Å². The molecule has 0 radical (unpaired) electrons. The predicted octanol–water partition coefficient (Wildman–Crippen LogP) is 2.25. The monoisotopic (exact) mass is 213 g/mol. The van der Waals surface area contributed by atoms with E-state index in [2.05, 4.69) is 6.92 Å². The zero-order chi connectivity index (χ0) is 11.4. The van der Waals surface area contributed by atoms with Crippen molar-refractivity contribution < 1.29 is 9.90 Å². The van der Waals surface area contributed by atoms with Gasteiger partial charge in [-0.05, 0) is 24.7 Å². The van der Waals surface area contributed by atoms with Crippen LogP contribution in [0.2, 0.25) is 0 Å². The summed E-state index contributed by atoms with van der Waals surface area (Å²) in [5.41, 5.74) is 5.87. The van der Waals surface area contributed by atoms with E-state index < -0.39 is 11.9 Å². The van der Waals surface area contributed by atoms with Crippen molar-refractivity contribution in [1.82, 2.24) is 0 Å². The fourth-order valence-electron chi connectivity index (χ4n) is 2.25. The van der Waals surface area contributed by atoms with Crippen LogP contribution in [0.15, 0.2) is 0 Å². The van der Waals surface area contributed by atoms with E-state index in [4.69, 9.17) is 10.8 Å². The second-order valence-electron chi connectivity index (χ2n) is 5.16. The van der Waals surface area contributed by atoms with Crippen LogP contribution in [0.25, 0.3) is 0 Å². The van der Waals surface area contributed by atoms with Gasteiger partial charge in [-0.3, -0.25) is 4.79 Å². The smallest absolute Gasteiger partial charge is 0.307 e. The van der Waals surface area contributed by atoms with E-state index in [1.54, 1.807) is 6.92 Å². The van der Waals surface area contributed by atoms with Gasteiger partial charge in [0.05, 0.1) is 5.92 Å². The molecule has 0 saturated heterocycles. The second-order valence-corrected chi connectivity index (χ2v) is 5.16. The Bertz CT molecular complexity index is 214. The maximum atomic E-state index is 10.7. The average Bonchev–Trinajstić information content (AvgIpc) is 2.09. The fourth-order valence-corrected chi connectivity index (χ4v) is 2.25. The van der Waals surface area contributed by atoms with Crippen molar-refractivity contribution in [2.24, 2.45) is 23.5 Å². The van der Waals surface area contributed by atoms with Gasteiger partial charge < -0.3 is 10.8 Å². The molecule has 0 amide bonds. The maximum Gasteiger partial charge on any atom is 0.307 e. The molecule has 3 nitrogen and oxygen atoms in total. The fraction of sp³-hybridized carbons (Fsp3) is 0.917. The summed E-state index contributed by atoms with van der Waals surface area (Å²) in [5, 5.41) is 8.82. The Morgan fingerprint density at radius 3 is 2.47 bits per heavy atom. The molecule has 0 aromatic carbocycles. The topological polar surface area (TPSA) is 63.3 Å². The largest absolute Gasteiger partial charge is 0.481 e. The molecule has 0 heterocycles. The van der Waals surface area contributed by atoms with Crippen molar-refractivity contribution in [1.29, 1.82) is 0 Å². The Kier molecular flexibility index (Phi) is 4.58. The van der Waals surface area contributed by atoms with Gasteiger partial charge in [-0.1, -0.05) is 33.1 Å². The molecule has 0 aromatic heterocycles. The van der Waals surface area contributed by atoms with Gasteiger partial charge in [0.1, 0.15) is 0 Å². The number of carboxylic acids is 1. The summed E-state index contributed by atoms with van der Waals surface area (Å²) >= 11 is 0. The van der Waals surface area contributed by atoms with E-state index in [-0.39, 0.29) is 6.04 Å². The van der Waals surface area contributed by atoms with Crippen LogP contribution >= 0.6 is 0 Å². The summed E-state index contributed by atoms with van der Waals surface area (Å²) in [5.74, 6) is 0.242. The summed E-state index contributed by atoms with van der Waals surface area (Å²) in [6.07, 6.45) is 6.14. The number of rotatable bonds is 6. The second kappa shape index (κ2) is 5.50. The molecule has 0 bridgehead atoms. The molecule has 3 N–H and O–H groups in total. The Balaban J connectivity index is 2.23. The first-order valence-electron chi connectivity index (χ1n) is 5.99. The van der Waals surface area contributed by atoms with Gasteiger partial charge >= 0.3 is 5.97 Å².